The lowest BCUT2D eigenvalue weighted by molar-refractivity contribution is 0.102. The summed E-state index contributed by atoms with van der Waals surface area (Å²) in [5, 5.41) is 12.9. The van der Waals surface area contributed by atoms with Crippen LogP contribution in [0.25, 0.3) is 0 Å². The zero-order chi connectivity index (χ0) is 13.7. The van der Waals surface area contributed by atoms with Crippen molar-refractivity contribution >= 4 is 23.3 Å². The van der Waals surface area contributed by atoms with Crippen LogP contribution in [-0.2, 0) is 0 Å². The van der Waals surface area contributed by atoms with Gasteiger partial charge in [0.1, 0.15) is 6.26 Å². The molecule has 1 amide bonds. The van der Waals surface area contributed by atoms with Crippen LogP contribution in [0.3, 0.4) is 0 Å². The van der Waals surface area contributed by atoms with Crippen molar-refractivity contribution in [3.05, 3.63) is 33.8 Å². The molecular formula is C13H12N2O3S. The molecule has 0 aliphatic heterocycles. The summed E-state index contributed by atoms with van der Waals surface area (Å²) >= 11 is 1.38. The molecule has 0 saturated heterocycles. The Kier molecular flexibility index (Phi) is 4.34. The van der Waals surface area contributed by atoms with Crippen molar-refractivity contribution in [2.24, 2.45) is 0 Å². The van der Waals surface area contributed by atoms with Gasteiger partial charge in [-0.05, 0) is 13.0 Å². The van der Waals surface area contributed by atoms with E-state index in [9.17, 15) is 4.79 Å². The number of thiophene rings is 1. The minimum atomic E-state index is -0.284. The Labute approximate surface area is 114 Å². The first-order chi connectivity index (χ1) is 9.19. The predicted molar refractivity (Wildman–Crippen MR) is 72.1 cm³/mol. The number of aliphatic hydroxyl groups excluding tert-OH is 1. The number of carbonyl (C=O) groups excluding carboxylic acids is 1. The van der Waals surface area contributed by atoms with Crippen molar-refractivity contribution in [3.63, 3.8) is 0 Å². The zero-order valence-corrected chi connectivity index (χ0v) is 11.1. The highest BCUT2D eigenvalue weighted by molar-refractivity contribution is 7.10. The average Bonchev–Trinajstić information content (AvgIpc) is 2.99. The average molecular weight is 276 g/mol. The number of nitrogens with one attached hydrogen (secondary N) is 1. The summed E-state index contributed by atoms with van der Waals surface area (Å²) in [5.74, 6) is 5.40. The van der Waals surface area contributed by atoms with Gasteiger partial charge in [0.2, 0.25) is 0 Å². The van der Waals surface area contributed by atoms with Crippen LogP contribution < -0.4 is 5.32 Å². The molecule has 2 aromatic heterocycles. The number of hydrogen-bond donors (Lipinski definition) is 2. The maximum absolute atomic E-state index is 11.9. The number of anilines is 1. The van der Waals surface area contributed by atoms with Gasteiger partial charge in [-0.3, -0.25) is 10.1 Å². The van der Waals surface area contributed by atoms with E-state index in [0.717, 1.165) is 4.88 Å². The number of hydrogen-bond acceptors (Lipinski definition) is 5. The molecule has 0 fully saturated rings. The largest absolute Gasteiger partial charge is 0.432 e. The molecule has 0 radical (unpaired) electrons. The van der Waals surface area contributed by atoms with Crippen LogP contribution in [0, 0.1) is 18.8 Å². The van der Waals surface area contributed by atoms with E-state index < -0.39 is 0 Å². The van der Waals surface area contributed by atoms with E-state index in [4.69, 9.17) is 9.52 Å². The molecule has 2 aromatic rings. The molecule has 6 heteroatoms. The van der Waals surface area contributed by atoms with Gasteiger partial charge in [0.25, 0.3) is 5.91 Å². The molecular weight excluding hydrogens is 264 g/mol. The molecule has 0 atom stereocenters. The van der Waals surface area contributed by atoms with E-state index >= 15 is 0 Å². The fourth-order valence-corrected chi connectivity index (χ4v) is 2.06. The fourth-order valence-electron chi connectivity index (χ4n) is 1.31. The third kappa shape index (κ3) is 3.68. The molecule has 5 nitrogen and oxygen atoms in total. The molecule has 0 aliphatic rings. The van der Waals surface area contributed by atoms with Crippen LogP contribution in [0.2, 0.25) is 0 Å². The summed E-state index contributed by atoms with van der Waals surface area (Å²) in [6, 6.07) is 1.88. The van der Waals surface area contributed by atoms with Crippen molar-refractivity contribution < 1.29 is 14.3 Å². The van der Waals surface area contributed by atoms with Crippen molar-refractivity contribution in [2.75, 3.05) is 11.9 Å². The van der Waals surface area contributed by atoms with Gasteiger partial charge in [-0.2, -0.15) is 4.98 Å². The van der Waals surface area contributed by atoms with Crippen molar-refractivity contribution in [2.45, 2.75) is 13.3 Å². The van der Waals surface area contributed by atoms with Gasteiger partial charge in [-0.15, -0.1) is 11.3 Å². The number of aryl methyl sites for hydroxylation is 1. The number of aliphatic hydroxyl groups is 1. The van der Waals surface area contributed by atoms with E-state index in [0.29, 0.717) is 17.7 Å². The minimum absolute atomic E-state index is 0.0369. The quantitative estimate of drug-likeness (QED) is 0.841. The van der Waals surface area contributed by atoms with E-state index in [2.05, 4.69) is 22.1 Å². The van der Waals surface area contributed by atoms with Gasteiger partial charge in [0.05, 0.1) is 22.7 Å². The van der Waals surface area contributed by atoms with Crippen LogP contribution in [0.5, 0.6) is 0 Å². The normalized spacial score (nSPS) is 9.79. The van der Waals surface area contributed by atoms with Crippen LogP contribution in [0.4, 0.5) is 6.01 Å². The van der Waals surface area contributed by atoms with E-state index in [1.54, 1.807) is 18.4 Å². The van der Waals surface area contributed by atoms with Gasteiger partial charge in [0.15, 0.2) is 0 Å². The third-order valence-corrected chi connectivity index (χ3v) is 3.00. The van der Waals surface area contributed by atoms with Crippen molar-refractivity contribution in [1.29, 1.82) is 0 Å². The first kappa shape index (κ1) is 13.3. The van der Waals surface area contributed by atoms with Gasteiger partial charge in [-0.1, -0.05) is 11.8 Å². The first-order valence-electron chi connectivity index (χ1n) is 5.61. The Balaban J connectivity index is 2.02. The van der Waals surface area contributed by atoms with Crippen LogP contribution in [0.15, 0.2) is 22.1 Å². The van der Waals surface area contributed by atoms with E-state index in [-0.39, 0.29) is 18.5 Å². The van der Waals surface area contributed by atoms with Gasteiger partial charge >= 0.3 is 6.01 Å². The number of aromatic nitrogens is 1. The molecule has 2 rings (SSSR count). The fraction of sp³-hybridized carbons (Fsp3) is 0.231. The highest BCUT2D eigenvalue weighted by Gasteiger charge is 2.11. The molecule has 19 heavy (non-hydrogen) atoms. The number of nitrogens with zero attached hydrogens (tertiary/aromatic N) is 1. The van der Waals surface area contributed by atoms with Crippen molar-refractivity contribution in [3.8, 4) is 11.8 Å². The second-order valence-electron chi connectivity index (χ2n) is 3.72. The standard InChI is InChI=1S/C13H12N2O3S/c1-9-7-18-13(14-9)15-12(17)10-6-11(19-8-10)4-2-3-5-16/h6-8,16H,3,5H2,1H3,(H,14,15,17). The Hall–Kier alpha value is -2.10. The van der Waals surface area contributed by atoms with Gasteiger partial charge in [-0.25, -0.2) is 0 Å². The summed E-state index contributed by atoms with van der Waals surface area (Å²) in [4.78, 5) is 16.6. The van der Waals surface area contributed by atoms with E-state index in [1.165, 1.54) is 17.6 Å². The number of oxazole rings is 1. The summed E-state index contributed by atoms with van der Waals surface area (Å²) in [6.45, 7) is 1.81. The molecule has 2 N–H and O–H groups in total. The molecule has 0 aliphatic carbocycles. The van der Waals surface area contributed by atoms with Gasteiger partial charge in [0, 0.05) is 11.8 Å². The number of rotatable bonds is 3. The molecule has 2 heterocycles. The van der Waals surface area contributed by atoms with Crippen LogP contribution >= 0.6 is 11.3 Å². The Bertz CT molecular complexity index is 634. The predicted octanol–water partition coefficient (Wildman–Crippen LogP) is 2.03. The molecule has 0 saturated carbocycles. The SMILES string of the molecule is Cc1coc(NC(=O)c2csc(C#CCCO)c2)n1. The van der Waals surface area contributed by atoms with Crippen LogP contribution in [-0.4, -0.2) is 22.6 Å². The summed E-state index contributed by atoms with van der Waals surface area (Å²) in [7, 11) is 0. The monoisotopic (exact) mass is 276 g/mol. The smallest absolute Gasteiger partial charge is 0.301 e. The highest BCUT2D eigenvalue weighted by atomic mass is 32.1. The highest BCUT2D eigenvalue weighted by Crippen LogP contribution is 2.15. The molecule has 0 spiro atoms. The van der Waals surface area contributed by atoms with Gasteiger partial charge < -0.3 is 9.52 Å². The second kappa shape index (κ2) is 6.18. The Morgan fingerprint density at radius 2 is 2.47 bits per heavy atom. The summed E-state index contributed by atoms with van der Waals surface area (Å²) in [5.41, 5.74) is 1.21. The summed E-state index contributed by atoms with van der Waals surface area (Å²) in [6.07, 6.45) is 1.89. The van der Waals surface area contributed by atoms with E-state index in [1.807, 2.05) is 0 Å². The maximum Gasteiger partial charge on any atom is 0.301 e. The minimum Gasteiger partial charge on any atom is -0.432 e. The zero-order valence-electron chi connectivity index (χ0n) is 10.3. The number of carbonyl (C=O) groups is 1. The third-order valence-electron chi connectivity index (χ3n) is 2.15. The maximum atomic E-state index is 11.9. The first-order valence-corrected chi connectivity index (χ1v) is 6.49. The lowest BCUT2D eigenvalue weighted by Gasteiger charge is -1.96. The van der Waals surface area contributed by atoms with Crippen LogP contribution in [0.1, 0.15) is 27.3 Å². The molecule has 0 unspecified atom stereocenters. The topological polar surface area (TPSA) is 75.4 Å². The molecule has 98 valence electrons. The summed E-state index contributed by atoms with van der Waals surface area (Å²) < 4.78 is 5.05. The van der Waals surface area contributed by atoms with Crippen molar-refractivity contribution in [1.82, 2.24) is 4.98 Å². The second-order valence-corrected chi connectivity index (χ2v) is 4.63. The Morgan fingerprint density at radius 3 is 3.16 bits per heavy atom. The lowest BCUT2D eigenvalue weighted by atomic mass is 10.3. The molecule has 0 bridgehead atoms. The molecule has 0 aromatic carbocycles. The number of amides is 1. The Morgan fingerprint density at radius 1 is 1.63 bits per heavy atom. The lowest BCUT2D eigenvalue weighted by Crippen LogP contribution is -2.10.